The average Bonchev–Trinajstić information content (AvgIpc) is 3.25. The van der Waals surface area contributed by atoms with Gasteiger partial charge in [0.2, 0.25) is 0 Å². The number of aromatic nitrogens is 2. The molecule has 142 valence electrons. The van der Waals surface area contributed by atoms with E-state index in [1.54, 1.807) is 30.6 Å². The Morgan fingerprint density at radius 2 is 2.07 bits per heavy atom. The molecule has 3 heterocycles. The summed E-state index contributed by atoms with van der Waals surface area (Å²) in [6.45, 7) is 1.87. The summed E-state index contributed by atoms with van der Waals surface area (Å²) in [6, 6.07) is 12.8. The van der Waals surface area contributed by atoms with Gasteiger partial charge in [-0.25, -0.2) is 4.98 Å². The second-order valence-corrected chi connectivity index (χ2v) is 7.74. The number of imidazole rings is 1. The van der Waals surface area contributed by atoms with Crippen LogP contribution in [-0.4, -0.2) is 15.3 Å². The standard InChI is InChI=1S/C20H17ClN4O2S/c1-11(13-4-2-3-5-14(13)21)27-16-8-17(28-19(16)20(23)26)15-9-24-18-7-6-12(22)10-25(15)18/h2-11H,22H2,1H3,(H2,23,26). The van der Waals surface area contributed by atoms with Crippen LogP contribution in [0.4, 0.5) is 5.69 Å². The fourth-order valence-electron chi connectivity index (χ4n) is 3.00. The first kappa shape index (κ1) is 18.3. The van der Waals surface area contributed by atoms with Gasteiger partial charge in [-0.2, -0.15) is 0 Å². The van der Waals surface area contributed by atoms with Crippen molar-refractivity contribution in [2.24, 2.45) is 5.73 Å². The van der Waals surface area contributed by atoms with Crippen LogP contribution in [0, 0.1) is 0 Å². The van der Waals surface area contributed by atoms with Gasteiger partial charge in [0, 0.05) is 28.5 Å². The highest BCUT2D eigenvalue weighted by atomic mass is 35.5. The van der Waals surface area contributed by atoms with Gasteiger partial charge >= 0.3 is 0 Å². The number of nitrogens with zero attached hydrogens (tertiary/aromatic N) is 2. The fourth-order valence-corrected chi connectivity index (χ4v) is 4.24. The maximum absolute atomic E-state index is 12.0. The van der Waals surface area contributed by atoms with Crippen LogP contribution in [-0.2, 0) is 0 Å². The number of hydrogen-bond acceptors (Lipinski definition) is 5. The van der Waals surface area contributed by atoms with Gasteiger partial charge in [0.25, 0.3) is 5.91 Å². The van der Waals surface area contributed by atoms with Crippen molar-refractivity contribution < 1.29 is 9.53 Å². The maximum Gasteiger partial charge on any atom is 0.262 e. The molecule has 4 N–H and O–H groups in total. The number of thiophene rings is 1. The lowest BCUT2D eigenvalue weighted by atomic mass is 10.1. The molecule has 0 bridgehead atoms. The zero-order chi connectivity index (χ0) is 19.8. The van der Waals surface area contributed by atoms with Crippen molar-refractivity contribution >= 4 is 40.2 Å². The monoisotopic (exact) mass is 412 g/mol. The molecule has 1 aromatic carbocycles. The molecule has 0 saturated carbocycles. The largest absolute Gasteiger partial charge is 0.484 e. The first-order valence-electron chi connectivity index (χ1n) is 8.51. The van der Waals surface area contributed by atoms with Crippen LogP contribution in [0.1, 0.15) is 28.3 Å². The normalized spacial score (nSPS) is 12.2. The fraction of sp³-hybridized carbons (Fsp3) is 0.100. The number of anilines is 1. The summed E-state index contributed by atoms with van der Waals surface area (Å²) in [4.78, 5) is 17.5. The Morgan fingerprint density at radius 1 is 1.29 bits per heavy atom. The molecule has 0 radical (unpaired) electrons. The van der Waals surface area contributed by atoms with E-state index in [0.717, 1.165) is 21.8 Å². The Bertz CT molecular complexity index is 1180. The van der Waals surface area contributed by atoms with Gasteiger partial charge in [0.05, 0.1) is 16.8 Å². The van der Waals surface area contributed by atoms with Gasteiger partial charge in [0.15, 0.2) is 0 Å². The number of amides is 1. The van der Waals surface area contributed by atoms with Crippen molar-refractivity contribution in [3.8, 4) is 16.3 Å². The minimum absolute atomic E-state index is 0.341. The highest BCUT2D eigenvalue weighted by molar-refractivity contribution is 7.17. The van der Waals surface area contributed by atoms with Crippen molar-refractivity contribution in [1.82, 2.24) is 9.38 Å². The number of fused-ring (bicyclic) bond motifs is 1. The lowest BCUT2D eigenvalue weighted by Gasteiger charge is -2.16. The summed E-state index contributed by atoms with van der Waals surface area (Å²) in [5.74, 6) is -0.135. The number of hydrogen-bond donors (Lipinski definition) is 2. The molecule has 6 nitrogen and oxygen atoms in total. The second kappa shape index (κ2) is 7.18. The van der Waals surface area contributed by atoms with Crippen LogP contribution in [0.3, 0.4) is 0 Å². The van der Waals surface area contributed by atoms with E-state index in [2.05, 4.69) is 4.98 Å². The minimum Gasteiger partial charge on any atom is -0.484 e. The molecule has 28 heavy (non-hydrogen) atoms. The third-order valence-corrected chi connectivity index (χ3v) is 5.85. The first-order chi connectivity index (χ1) is 13.4. The Labute approximate surface area is 170 Å². The third kappa shape index (κ3) is 3.30. The lowest BCUT2D eigenvalue weighted by molar-refractivity contribution is 0.0998. The van der Waals surface area contributed by atoms with Crippen LogP contribution in [0.25, 0.3) is 16.2 Å². The number of carbonyl (C=O) groups is 1. The molecule has 4 aromatic rings. The summed E-state index contributed by atoms with van der Waals surface area (Å²) >= 11 is 7.52. The Hall–Kier alpha value is -3.03. The average molecular weight is 413 g/mol. The number of benzene rings is 1. The molecule has 1 atom stereocenters. The van der Waals surface area contributed by atoms with E-state index >= 15 is 0 Å². The molecule has 0 aliphatic carbocycles. The number of halogens is 1. The van der Waals surface area contributed by atoms with Gasteiger partial charge in [0.1, 0.15) is 22.4 Å². The summed E-state index contributed by atoms with van der Waals surface area (Å²) in [7, 11) is 0. The van der Waals surface area contributed by atoms with Crippen LogP contribution in [0.5, 0.6) is 5.75 Å². The van der Waals surface area contributed by atoms with Gasteiger partial charge in [-0.05, 0) is 25.1 Å². The number of pyridine rings is 1. The van der Waals surface area contributed by atoms with E-state index in [1.165, 1.54) is 11.3 Å². The van der Waals surface area contributed by atoms with E-state index in [4.69, 9.17) is 27.8 Å². The molecule has 0 saturated heterocycles. The third-order valence-electron chi connectivity index (χ3n) is 4.35. The highest BCUT2D eigenvalue weighted by Gasteiger charge is 2.21. The second-order valence-electron chi connectivity index (χ2n) is 6.28. The number of carbonyl (C=O) groups excluding carboxylic acids is 1. The van der Waals surface area contributed by atoms with Gasteiger partial charge in [-0.15, -0.1) is 11.3 Å². The van der Waals surface area contributed by atoms with Crippen molar-refractivity contribution in [2.45, 2.75) is 13.0 Å². The predicted molar refractivity (Wildman–Crippen MR) is 112 cm³/mol. The Kier molecular flexibility index (Phi) is 4.70. The molecule has 0 aliphatic rings. The number of ether oxygens (including phenoxy) is 1. The quantitative estimate of drug-likeness (QED) is 0.503. The summed E-state index contributed by atoms with van der Waals surface area (Å²) in [5.41, 5.74) is 14.5. The number of nitrogen functional groups attached to an aromatic ring is 1. The van der Waals surface area contributed by atoms with Crippen LogP contribution < -0.4 is 16.2 Å². The zero-order valence-corrected chi connectivity index (χ0v) is 16.5. The van der Waals surface area contributed by atoms with Crippen LogP contribution >= 0.6 is 22.9 Å². The molecule has 3 aromatic heterocycles. The van der Waals surface area contributed by atoms with Gasteiger partial charge in [-0.1, -0.05) is 29.8 Å². The van der Waals surface area contributed by atoms with E-state index in [-0.39, 0.29) is 6.10 Å². The SMILES string of the molecule is CC(Oc1cc(-c2cnc3ccc(N)cn23)sc1C(N)=O)c1ccccc1Cl. The highest BCUT2D eigenvalue weighted by Crippen LogP contribution is 2.39. The van der Waals surface area contributed by atoms with Crippen molar-refractivity contribution in [3.05, 3.63) is 70.3 Å². The van der Waals surface area contributed by atoms with Crippen molar-refractivity contribution in [3.63, 3.8) is 0 Å². The molecule has 1 unspecified atom stereocenters. The summed E-state index contributed by atoms with van der Waals surface area (Å²) < 4.78 is 7.93. The number of nitrogens with two attached hydrogens (primary N) is 2. The molecular formula is C20H17ClN4O2S. The van der Waals surface area contributed by atoms with E-state index < -0.39 is 5.91 Å². The maximum atomic E-state index is 12.0. The topological polar surface area (TPSA) is 95.6 Å². The summed E-state index contributed by atoms with van der Waals surface area (Å²) in [5, 5.41) is 0.600. The molecule has 8 heteroatoms. The van der Waals surface area contributed by atoms with E-state index in [0.29, 0.717) is 21.3 Å². The smallest absolute Gasteiger partial charge is 0.262 e. The molecule has 0 fully saturated rings. The molecule has 4 rings (SSSR count). The molecule has 0 aliphatic heterocycles. The minimum atomic E-state index is -0.550. The molecule has 0 spiro atoms. The van der Waals surface area contributed by atoms with Crippen LogP contribution in [0.2, 0.25) is 5.02 Å². The van der Waals surface area contributed by atoms with Crippen LogP contribution in [0.15, 0.2) is 54.9 Å². The Balaban J connectivity index is 1.75. The summed E-state index contributed by atoms with van der Waals surface area (Å²) in [6.07, 6.45) is 3.16. The van der Waals surface area contributed by atoms with Crippen molar-refractivity contribution in [2.75, 3.05) is 5.73 Å². The lowest BCUT2D eigenvalue weighted by Crippen LogP contribution is -2.12. The molecular weight excluding hydrogens is 396 g/mol. The number of rotatable bonds is 5. The zero-order valence-electron chi connectivity index (χ0n) is 14.9. The van der Waals surface area contributed by atoms with Crippen molar-refractivity contribution in [1.29, 1.82) is 0 Å². The van der Waals surface area contributed by atoms with Gasteiger partial charge in [-0.3, -0.25) is 9.20 Å². The molecule has 1 amide bonds. The Morgan fingerprint density at radius 3 is 2.82 bits per heavy atom. The van der Waals surface area contributed by atoms with E-state index in [1.807, 2.05) is 35.6 Å². The number of primary amides is 1. The predicted octanol–water partition coefficient (Wildman–Crippen LogP) is 4.54. The van der Waals surface area contributed by atoms with E-state index in [9.17, 15) is 4.79 Å². The van der Waals surface area contributed by atoms with Gasteiger partial charge < -0.3 is 16.2 Å². The first-order valence-corrected chi connectivity index (χ1v) is 9.71.